The molecule has 1 aromatic carbocycles. The Kier molecular flexibility index (Phi) is 6.18. The molecule has 0 aliphatic carbocycles. The molecule has 1 saturated heterocycles. The van der Waals surface area contributed by atoms with Gasteiger partial charge in [-0.1, -0.05) is 29.3 Å². The van der Waals surface area contributed by atoms with E-state index in [2.05, 4.69) is 4.90 Å². The maximum Gasteiger partial charge on any atom is 0.410 e. The Bertz CT molecular complexity index is 550. The highest BCUT2D eigenvalue weighted by Crippen LogP contribution is 2.21. The van der Waals surface area contributed by atoms with Crippen molar-refractivity contribution in [2.45, 2.75) is 32.8 Å². The van der Waals surface area contributed by atoms with Crippen LogP contribution < -0.4 is 0 Å². The summed E-state index contributed by atoms with van der Waals surface area (Å²) in [5.41, 5.74) is 0.658. The van der Waals surface area contributed by atoms with Crippen molar-refractivity contribution in [3.8, 4) is 0 Å². The molecule has 1 aromatic rings. The maximum atomic E-state index is 12.0. The van der Waals surface area contributed by atoms with Crippen molar-refractivity contribution >= 4 is 29.3 Å². The van der Waals surface area contributed by atoms with E-state index in [0.29, 0.717) is 23.1 Å². The Labute approximate surface area is 148 Å². The summed E-state index contributed by atoms with van der Waals surface area (Å²) in [4.78, 5) is 16.1. The largest absolute Gasteiger partial charge is 0.444 e. The minimum atomic E-state index is -0.445. The molecule has 0 atom stereocenters. The highest BCUT2D eigenvalue weighted by atomic mass is 35.5. The van der Waals surface area contributed by atoms with Crippen LogP contribution in [0, 0.1) is 0 Å². The van der Waals surface area contributed by atoms with Crippen molar-refractivity contribution in [1.82, 2.24) is 9.80 Å². The zero-order chi connectivity index (χ0) is 17.0. The van der Waals surface area contributed by atoms with Gasteiger partial charge in [0.1, 0.15) is 5.60 Å². The first-order valence-electron chi connectivity index (χ1n) is 7.89. The number of nitrogens with zero attached hydrogens (tertiary/aromatic N) is 2. The molecule has 0 saturated carbocycles. The second-order valence-corrected chi connectivity index (χ2v) is 7.64. The molecule has 0 radical (unpaired) electrons. The molecule has 1 amide bonds. The summed E-state index contributed by atoms with van der Waals surface area (Å²) >= 11 is 12.1. The molecular formula is C17H24Cl2N2O2. The minimum Gasteiger partial charge on any atom is -0.444 e. The average Bonchev–Trinajstić information content (AvgIpc) is 2.45. The van der Waals surface area contributed by atoms with E-state index < -0.39 is 5.60 Å². The molecule has 2 rings (SSSR count). The van der Waals surface area contributed by atoms with Gasteiger partial charge in [0.05, 0.1) is 0 Å². The van der Waals surface area contributed by atoms with Crippen LogP contribution in [0.2, 0.25) is 10.0 Å². The van der Waals surface area contributed by atoms with Crippen molar-refractivity contribution in [2.75, 3.05) is 32.7 Å². The smallest absolute Gasteiger partial charge is 0.410 e. The number of amides is 1. The number of benzene rings is 1. The first kappa shape index (κ1) is 18.4. The van der Waals surface area contributed by atoms with Gasteiger partial charge in [-0.2, -0.15) is 0 Å². The number of carbonyl (C=O) groups excluding carboxylic acids is 1. The van der Waals surface area contributed by atoms with Crippen LogP contribution in [0.4, 0.5) is 4.79 Å². The lowest BCUT2D eigenvalue weighted by atomic mass is 10.1. The fourth-order valence-corrected chi connectivity index (χ4v) is 2.99. The third-order valence-electron chi connectivity index (χ3n) is 3.74. The standard InChI is InChI=1S/C17H24Cl2N2O2/c1-17(2,3)23-16(22)21-10-8-20(9-11-21)7-6-13-4-5-14(18)12-15(13)19/h4-5,12H,6-11H2,1-3H3. The fourth-order valence-electron chi connectivity index (χ4n) is 2.48. The third-order valence-corrected chi connectivity index (χ3v) is 4.32. The number of halogens is 2. The van der Waals surface area contributed by atoms with Crippen LogP contribution in [-0.4, -0.2) is 54.2 Å². The van der Waals surface area contributed by atoms with Gasteiger partial charge >= 0.3 is 6.09 Å². The second kappa shape index (κ2) is 7.73. The molecule has 1 fully saturated rings. The molecule has 1 aliphatic heterocycles. The molecule has 23 heavy (non-hydrogen) atoms. The van der Waals surface area contributed by atoms with E-state index in [1.165, 1.54) is 0 Å². The number of ether oxygens (including phenoxy) is 1. The summed E-state index contributed by atoms with van der Waals surface area (Å²) in [6, 6.07) is 5.61. The van der Waals surface area contributed by atoms with E-state index in [4.69, 9.17) is 27.9 Å². The van der Waals surface area contributed by atoms with Crippen LogP contribution in [0.15, 0.2) is 18.2 Å². The molecule has 1 heterocycles. The predicted octanol–water partition coefficient (Wildman–Crippen LogP) is 4.09. The number of piperazine rings is 1. The van der Waals surface area contributed by atoms with E-state index in [9.17, 15) is 4.79 Å². The van der Waals surface area contributed by atoms with Gasteiger partial charge in [-0.05, 0) is 44.9 Å². The summed E-state index contributed by atoms with van der Waals surface area (Å²) in [7, 11) is 0. The molecule has 1 aliphatic rings. The van der Waals surface area contributed by atoms with Crippen LogP contribution in [0.1, 0.15) is 26.3 Å². The lowest BCUT2D eigenvalue weighted by Gasteiger charge is -2.35. The zero-order valence-electron chi connectivity index (χ0n) is 13.9. The Morgan fingerprint density at radius 2 is 1.83 bits per heavy atom. The summed E-state index contributed by atoms with van der Waals surface area (Å²) in [6.45, 7) is 9.68. The lowest BCUT2D eigenvalue weighted by molar-refractivity contribution is 0.0146. The Balaban J connectivity index is 1.77. The lowest BCUT2D eigenvalue weighted by Crippen LogP contribution is -2.50. The van der Waals surface area contributed by atoms with E-state index >= 15 is 0 Å². The summed E-state index contributed by atoms with van der Waals surface area (Å²) < 4.78 is 5.41. The SMILES string of the molecule is CC(C)(C)OC(=O)N1CCN(CCc2ccc(Cl)cc2Cl)CC1. The van der Waals surface area contributed by atoms with Gasteiger partial charge in [-0.25, -0.2) is 4.79 Å². The first-order chi connectivity index (χ1) is 10.7. The maximum absolute atomic E-state index is 12.0. The van der Waals surface area contributed by atoms with E-state index in [1.807, 2.05) is 32.9 Å². The topological polar surface area (TPSA) is 32.8 Å². The van der Waals surface area contributed by atoms with Crippen LogP contribution in [0.25, 0.3) is 0 Å². The average molecular weight is 359 g/mol. The normalized spacial score (nSPS) is 16.5. The van der Waals surface area contributed by atoms with E-state index in [-0.39, 0.29) is 6.09 Å². The van der Waals surface area contributed by atoms with Crippen molar-refractivity contribution in [1.29, 1.82) is 0 Å². The zero-order valence-corrected chi connectivity index (χ0v) is 15.5. The molecule has 0 unspecified atom stereocenters. The van der Waals surface area contributed by atoms with Gasteiger partial charge in [0.2, 0.25) is 0 Å². The molecular weight excluding hydrogens is 335 g/mol. The highest BCUT2D eigenvalue weighted by molar-refractivity contribution is 6.35. The van der Waals surface area contributed by atoms with Crippen molar-refractivity contribution < 1.29 is 9.53 Å². The van der Waals surface area contributed by atoms with Gasteiger partial charge in [-0.15, -0.1) is 0 Å². The van der Waals surface area contributed by atoms with Gasteiger partial charge in [0.15, 0.2) is 0 Å². The minimum absolute atomic E-state index is 0.224. The molecule has 0 bridgehead atoms. The Morgan fingerprint density at radius 3 is 2.39 bits per heavy atom. The van der Waals surface area contributed by atoms with Crippen LogP contribution in [-0.2, 0) is 11.2 Å². The van der Waals surface area contributed by atoms with Gasteiger partial charge in [0, 0.05) is 42.8 Å². The summed E-state index contributed by atoms with van der Waals surface area (Å²) in [5.74, 6) is 0. The second-order valence-electron chi connectivity index (χ2n) is 6.79. The molecule has 0 N–H and O–H groups in total. The van der Waals surface area contributed by atoms with Gasteiger partial charge in [0.25, 0.3) is 0 Å². The Hall–Kier alpha value is -0.970. The van der Waals surface area contributed by atoms with Crippen molar-refractivity contribution in [3.05, 3.63) is 33.8 Å². The molecule has 128 valence electrons. The Morgan fingerprint density at radius 1 is 1.17 bits per heavy atom. The number of carbonyl (C=O) groups is 1. The predicted molar refractivity (Wildman–Crippen MR) is 94.4 cm³/mol. The number of hydrogen-bond donors (Lipinski definition) is 0. The van der Waals surface area contributed by atoms with Gasteiger partial charge < -0.3 is 9.64 Å². The molecule has 0 aromatic heterocycles. The molecule has 0 spiro atoms. The fraction of sp³-hybridized carbons (Fsp3) is 0.588. The summed E-state index contributed by atoms with van der Waals surface area (Å²) in [6.07, 6.45) is 0.653. The first-order valence-corrected chi connectivity index (χ1v) is 8.64. The number of hydrogen-bond acceptors (Lipinski definition) is 3. The number of rotatable bonds is 3. The summed E-state index contributed by atoms with van der Waals surface area (Å²) in [5, 5.41) is 1.37. The van der Waals surface area contributed by atoms with Crippen LogP contribution in [0.3, 0.4) is 0 Å². The van der Waals surface area contributed by atoms with Crippen molar-refractivity contribution in [3.63, 3.8) is 0 Å². The third kappa shape index (κ3) is 5.87. The van der Waals surface area contributed by atoms with Crippen molar-refractivity contribution in [2.24, 2.45) is 0 Å². The van der Waals surface area contributed by atoms with Crippen LogP contribution in [0.5, 0.6) is 0 Å². The monoisotopic (exact) mass is 358 g/mol. The van der Waals surface area contributed by atoms with E-state index in [0.717, 1.165) is 31.6 Å². The van der Waals surface area contributed by atoms with Crippen LogP contribution >= 0.6 is 23.2 Å². The van der Waals surface area contributed by atoms with E-state index in [1.54, 1.807) is 11.0 Å². The highest BCUT2D eigenvalue weighted by Gasteiger charge is 2.25. The molecule has 6 heteroatoms. The molecule has 4 nitrogen and oxygen atoms in total. The van der Waals surface area contributed by atoms with Gasteiger partial charge in [-0.3, -0.25) is 4.90 Å². The quantitative estimate of drug-likeness (QED) is 0.815.